The summed E-state index contributed by atoms with van der Waals surface area (Å²) >= 11 is 3.74. The van der Waals surface area contributed by atoms with Gasteiger partial charge in [-0.25, -0.2) is 0 Å². The Morgan fingerprint density at radius 3 is 3.29 bits per heavy atom. The van der Waals surface area contributed by atoms with E-state index >= 15 is 0 Å². The summed E-state index contributed by atoms with van der Waals surface area (Å²) in [5.41, 5.74) is 0. The molecular weight excluding hydrogens is 214 g/mol. The third-order valence-electron chi connectivity index (χ3n) is 2.44. The van der Waals surface area contributed by atoms with Gasteiger partial charge in [0.1, 0.15) is 0 Å². The van der Waals surface area contributed by atoms with Gasteiger partial charge in [-0.2, -0.15) is 0 Å². The monoisotopic (exact) mass is 229 g/mol. The summed E-state index contributed by atoms with van der Waals surface area (Å²) in [7, 11) is 2.04. The molecule has 1 N–H and O–H groups in total. The summed E-state index contributed by atoms with van der Waals surface area (Å²) < 4.78 is 6.90. The molecule has 1 saturated heterocycles. The van der Waals surface area contributed by atoms with E-state index in [-0.39, 0.29) is 0 Å². The van der Waals surface area contributed by atoms with Crippen LogP contribution < -0.4 is 5.32 Å². The molecule has 78 valence electrons. The number of hydrogen-bond acceptors (Lipinski definition) is 4. The fourth-order valence-electron chi connectivity index (χ4n) is 1.64. The Morgan fingerprint density at radius 1 is 1.64 bits per heavy atom. The first kappa shape index (κ1) is 10.5. The molecule has 0 spiro atoms. The molecule has 1 aliphatic rings. The minimum atomic E-state index is 0.562. The molecule has 1 aromatic rings. The maximum Gasteiger partial charge on any atom is 0.0603 e. The SMILES string of the molecule is CNC1CCOCC1Sc1cccs1. The van der Waals surface area contributed by atoms with Gasteiger partial charge in [0.15, 0.2) is 0 Å². The molecular formula is C10H15NOS2. The van der Waals surface area contributed by atoms with Crippen LogP contribution in [-0.4, -0.2) is 31.6 Å². The van der Waals surface area contributed by atoms with Gasteiger partial charge in [-0.1, -0.05) is 6.07 Å². The lowest BCUT2D eigenvalue weighted by atomic mass is 10.1. The standard InChI is InChI=1S/C10H15NOS2/c1-11-8-4-5-12-7-9(8)14-10-3-2-6-13-10/h2-3,6,8-9,11H,4-5,7H2,1H3. The first-order valence-corrected chi connectivity index (χ1v) is 6.61. The van der Waals surface area contributed by atoms with Gasteiger partial charge in [0.05, 0.1) is 10.8 Å². The van der Waals surface area contributed by atoms with Crippen molar-refractivity contribution in [3.05, 3.63) is 17.5 Å². The zero-order chi connectivity index (χ0) is 9.80. The third kappa shape index (κ3) is 2.51. The molecule has 0 aliphatic carbocycles. The second-order valence-corrected chi connectivity index (χ2v) is 5.83. The van der Waals surface area contributed by atoms with Gasteiger partial charge < -0.3 is 10.1 Å². The summed E-state index contributed by atoms with van der Waals surface area (Å²) in [4.78, 5) is 0. The van der Waals surface area contributed by atoms with Crippen molar-refractivity contribution in [1.29, 1.82) is 0 Å². The molecule has 1 aliphatic heterocycles. The maximum atomic E-state index is 5.51. The van der Waals surface area contributed by atoms with Crippen molar-refractivity contribution in [3.63, 3.8) is 0 Å². The normalized spacial score (nSPS) is 27.8. The molecule has 2 nitrogen and oxygen atoms in total. The summed E-state index contributed by atoms with van der Waals surface area (Å²) in [6, 6.07) is 4.87. The summed E-state index contributed by atoms with van der Waals surface area (Å²) in [6.45, 7) is 1.76. The average Bonchev–Trinajstić information content (AvgIpc) is 2.71. The van der Waals surface area contributed by atoms with Crippen LogP contribution in [0.4, 0.5) is 0 Å². The van der Waals surface area contributed by atoms with Crippen LogP contribution in [0.15, 0.2) is 21.7 Å². The van der Waals surface area contributed by atoms with Crippen molar-refractivity contribution in [2.45, 2.75) is 21.9 Å². The molecule has 0 saturated carbocycles. The van der Waals surface area contributed by atoms with Crippen molar-refractivity contribution < 1.29 is 4.74 Å². The lowest BCUT2D eigenvalue weighted by Crippen LogP contribution is -2.42. The highest BCUT2D eigenvalue weighted by molar-refractivity contribution is 8.01. The van der Waals surface area contributed by atoms with E-state index < -0.39 is 0 Å². The molecule has 2 atom stereocenters. The fourth-order valence-corrected chi connectivity index (χ4v) is 3.90. The molecule has 0 aromatic carbocycles. The van der Waals surface area contributed by atoms with Crippen LogP contribution >= 0.6 is 23.1 Å². The minimum absolute atomic E-state index is 0.562. The van der Waals surface area contributed by atoms with Crippen LogP contribution in [0.3, 0.4) is 0 Å². The van der Waals surface area contributed by atoms with E-state index in [1.165, 1.54) is 4.21 Å². The van der Waals surface area contributed by atoms with Crippen LogP contribution in [0.1, 0.15) is 6.42 Å². The minimum Gasteiger partial charge on any atom is -0.380 e. The molecule has 0 radical (unpaired) electrons. The number of thiophene rings is 1. The number of rotatable bonds is 3. The molecule has 0 bridgehead atoms. The van der Waals surface area contributed by atoms with Crippen LogP contribution in [0.2, 0.25) is 0 Å². The third-order valence-corrected chi connectivity index (χ3v) is 4.81. The van der Waals surface area contributed by atoms with E-state index in [1.54, 1.807) is 0 Å². The molecule has 4 heteroatoms. The molecule has 1 aromatic heterocycles. The largest absolute Gasteiger partial charge is 0.380 e. The van der Waals surface area contributed by atoms with E-state index in [0.717, 1.165) is 19.6 Å². The van der Waals surface area contributed by atoms with Gasteiger partial charge in [0.2, 0.25) is 0 Å². The summed E-state index contributed by atoms with van der Waals surface area (Å²) in [5.74, 6) is 0. The van der Waals surface area contributed by atoms with E-state index in [0.29, 0.717) is 11.3 Å². The predicted octanol–water partition coefficient (Wildman–Crippen LogP) is 2.22. The predicted molar refractivity (Wildman–Crippen MR) is 62.2 cm³/mol. The zero-order valence-corrected chi connectivity index (χ0v) is 9.87. The second-order valence-electron chi connectivity index (χ2n) is 3.35. The highest BCUT2D eigenvalue weighted by Crippen LogP contribution is 2.31. The van der Waals surface area contributed by atoms with Gasteiger partial charge in [-0.3, -0.25) is 0 Å². The first-order chi connectivity index (χ1) is 6.90. The highest BCUT2D eigenvalue weighted by Gasteiger charge is 2.25. The molecule has 2 heterocycles. The topological polar surface area (TPSA) is 21.3 Å². The van der Waals surface area contributed by atoms with Crippen molar-refractivity contribution >= 4 is 23.1 Å². The molecule has 1 fully saturated rings. The zero-order valence-electron chi connectivity index (χ0n) is 8.23. The van der Waals surface area contributed by atoms with Crippen LogP contribution in [0.5, 0.6) is 0 Å². The lowest BCUT2D eigenvalue weighted by molar-refractivity contribution is 0.0851. The quantitative estimate of drug-likeness (QED) is 0.858. The van der Waals surface area contributed by atoms with Crippen molar-refractivity contribution in [3.8, 4) is 0 Å². The molecule has 0 amide bonds. The van der Waals surface area contributed by atoms with Gasteiger partial charge in [0.25, 0.3) is 0 Å². The first-order valence-electron chi connectivity index (χ1n) is 4.85. The van der Waals surface area contributed by atoms with Gasteiger partial charge in [0, 0.05) is 17.9 Å². The number of nitrogens with one attached hydrogen (secondary N) is 1. The molecule has 14 heavy (non-hydrogen) atoms. The Hall–Kier alpha value is -0.0300. The Kier molecular flexibility index (Phi) is 3.87. The molecule has 2 unspecified atom stereocenters. The van der Waals surface area contributed by atoms with Crippen molar-refractivity contribution in [2.75, 3.05) is 20.3 Å². The highest BCUT2D eigenvalue weighted by atomic mass is 32.2. The van der Waals surface area contributed by atoms with Gasteiger partial charge >= 0.3 is 0 Å². The lowest BCUT2D eigenvalue weighted by Gasteiger charge is -2.30. The van der Waals surface area contributed by atoms with E-state index in [1.807, 2.05) is 30.1 Å². The number of ether oxygens (including phenoxy) is 1. The van der Waals surface area contributed by atoms with E-state index in [9.17, 15) is 0 Å². The molecule has 2 rings (SSSR count). The fraction of sp³-hybridized carbons (Fsp3) is 0.600. The van der Waals surface area contributed by atoms with Gasteiger partial charge in [-0.15, -0.1) is 23.1 Å². The summed E-state index contributed by atoms with van der Waals surface area (Å²) in [6.07, 6.45) is 1.12. The second kappa shape index (κ2) is 5.16. The maximum absolute atomic E-state index is 5.51. The van der Waals surface area contributed by atoms with Crippen molar-refractivity contribution in [1.82, 2.24) is 5.32 Å². The summed E-state index contributed by atoms with van der Waals surface area (Å²) in [5, 5.41) is 6.06. The number of hydrogen-bond donors (Lipinski definition) is 1. The van der Waals surface area contributed by atoms with Gasteiger partial charge in [-0.05, 0) is 24.9 Å². The van der Waals surface area contributed by atoms with E-state index in [4.69, 9.17) is 4.74 Å². The average molecular weight is 229 g/mol. The Balaban J connectivity index is 1.94. The Morgan fingerprint density at radius 2 is 2.57 bits per heavy atom. The van der Waals surface area contributed by atoms with Crippen LogP contribution in [0, 0.1) is 0 Å². The smallest absolute Gasteiger partial charge is 0.0603 e. The number of thioether (sulfide) groups is 1. The van der Waals surface area contributed by atoms with Crippen LogP contribution in [-0.2, 0) is 4.74 Å². The Bertz CT molecular complexity index is 263. The Labute approximate surface area is 93.0 Å². The van der Waals surface area contributed by atoms with Crippen molar-refractivity contribution in [2.24, 2.45) is 0 Å². The van der Waals surface area contributed by atoms with Crippen LogP contribution in [0.25, 0.3) is 0 Å². The van der Waals surface area contributed by atoms with E-state index in [2.05, 4.69) is 22.8 Å².